The van der Waals surface area contributed by atoms with Crippen LogP contribution in [0.25, 0.3) is 0 Å². The summed E-state index contributed by atoms with van der Waals surface area (Å²) < 4.78 is 36.9. The molecule has 1 N–H and O–H groups in total. The Morgan fingerprint density at radius 2 is 2.35 bits per heavy atom. The lowest BCUT2D eigenvalue weighted by molar-refractivity contribution is -0.137. The average molecular weight is 264 g/mol. The summed E-state index contributed by atoms with van der Waals surface area (Å²) in [6, 6.07) is 0.0962. The largest absolute Gasteiger partial charge is 0.443 e. The van der Waals surface area contributed by atoms with Crippen molar-refractivity contribution in [2.24, 2.45) is 0 Å². The molecule has 3 nitrogen and oxygen atoms in total. The second-order valence-corrected chi connectivity index (χ2v) is 4.98. The molecule has 1 atom stereocenters. The number of nitrogens with zero attached hydrogens (tertiary/aromatic N) is 1. The summed E-state index contributed by atoms with van der Waals surface area (Å²) in [5.74, 6) is -0.266. The summed E-state index contributed by atoms with van der Waals surface area (Å²) in [6.45, 7) is 0.869. The molecule has 0 saturated carbocycles. The van der Waals surface area contributed by atoms with Gasteiger partial charge in [-0.15, -0.1) is 11.3 Å². The fourth-order valence-electron chi connectivity index (χ4n) is 1.79. The lowest BCUT2D eigenvalue weighted by atomic mass is 10.1. The van der Waals surface area contributed by atoms with Crippen molar-refractivity contribution < 1.29 is 18.0 Å². The fraction of sp³-hybridized carbons (Fsp3) is 0.600. The molecule has 1 saturated heterocycles. The molecule has 1 aromatic heterocycles. The van der Waals surface area contributed by atoms with Gasteiger partial charge in [0.25, 0.3) is 0 Å². The van der Waals surface area contributed by atoms with Gasteiger partial charge in [-0.2, -0.15) is 13.2 Å². The Kier molecular flexibility index (Phi) is 3.48. The summed E-state index contributed by atoms with van der Waals surface area (Å²) in [5.41, 5.74) is 0. The molecule has 0 aromatic carbocycles. The van der Waals surface area contributed by atoms with Crippen LogP contribution in [0.5, 0.6) is 0 Å². The summed E-state index contributed by atoms with van der Waals surface area (Å²) >= 11 is 0.418. The van der Waals surface area contributed by atoms with E-state index < -0.39 is 11.2 Å². The molecule has 7 heteroatoms. The van der Waals surface area contributed by atoms with E-state index in [2.05, 4.69) is 10.3 Å². The van der Waals surface area contributed by atoms with Gasteiger partial charge < -0.3 is 5.32 Å². The normalized spacial score (nSPS) is 20.8. The highest BCUT2D eigenvalue weighted by atomic mass is 32.1. The first kappa shape index (κ1) is 12.5. The van der Waals surface area contributed by atoms with Gasteiger partial charge in [-0.1, -0.05) is 0 Å². The third kappa shape index (κ3) is 3.04. The molecule has 1 aliphatic rings. The third-order valence-electron chi connectivity index (χ3n) is 2.62. The van der Waals surface area contributed by atoms with Crippen LogP contribution in [-0.2, 0) is 6.18 Å². The van der Waals surface area contributed by atoms with Crippen molar-refractivity contribution in [1.29, 1.82) is 0 Å². The number of halogens is 3. The van der Waals surface area contributed by atoms with E-state index in [4.69, 9.17) is 0 Å². The molecular formula is C10H11F3N2OS. The zero-order chi connectivity index (χ0) is 12.5. The second-order valence-electron chi connectivity index (χ2n) is 3.95. The number of hydrogen-bond donors (Lipinski definition) is 1. The second kappa shape index (κ2) is 4.73. The quantitative estimate of drug-likeness (QED) is 0.853. The number of ketones is 1. The van der Waals surface area contributed by atoms with E-state index in [-0.39, 0.29) is 23.1 Å². The predicted molar refractivity (Wildman–Crippen MR) is 57.1 cm³/mol. The molecule has 0 spiro atoms. The SMILES string of the molecule is O=C(CC1CCCN1)c1cnc(C(F)(F)F)s1. The zero-order valence-corrected chi connectivity index (χ0v) is 9.70. The van der Waals surface area contributed by atoms with Crippen molar-refractivity contribution >= 4 is 17.1 Å². The maximum Gasteiger partial charge on any atom is 0.443 e. The molecule has 0 amide bonds. The Labute approximate surface area is 100 Å². The number of rotatable bonds is 3. The van der Waals surface area contributed by atoms with E-state index in [1.165, 1.54) is 0 Å². The maximum absolute atomic E-state index is 12.3. The molecule has 2 rings (SSSR count). The van der Waals surface area contributed by atoms with Gasteiger partial charge in [-0.25, -0.2) is 4.98 Å². The number of Topliss-reactive ketones (excluding diaryl/α,β-unsaturated/α-hetero) is 1. The van der Waals surface area contributed by atoms with E-state index in [1.54, 1.807) is 0 Å². The lowest BCUT2D eigenvalue weighted by Gasteiger charge is -2.06. The molecule has 94 valence electrons. The van der Waals surface area contributed by atoms with Gasteiger partial charge in [0, 0.05) is 18.7 Å². The topological polar surface area (TPSA) is 42.0 Å². The van der Waals surface area contributed by atoms with Crippen LogP contribution in [0, 0.1) is 0 Å². The van der Waals surface area contributed by atoms with Gasteiger partial charge in [0.05, 0.1) is 4.88 Å². The highest BCUT2D eigenvalue weighted by Crippen LogP contribution is 2.32. The first-order chi connectivity index (χ1) is 7.97. The van der Waals surface area contributed by atoms with Crippen LogP contribution in [0.15, 0.2) is 6.20 Å². The van der Waals surface area contributed by atoms with Crippen molar-refractivity contribution in [3.8, 4) is 0 Å². The molecule has 2 heterocycles. The minimum Gasteiger partial charge on any atom is -0.314 e. The van der Waals surface area contributed by atoms with Crippen molar-refractivity contribution in [2.75, 3.05) is 6.54 Å². The van der Waals surface area contributed by atoms with Gasteiger partial charge in [-0.05, 0) is 19.4 Å². The van der Waals surface area contributed by atoms with Crippen LogP contribution in [0.2, 0.25) is 0 Å². The van der Waals surface area contributed by atoms with Crippen LogP contribution in [0.4, 0.5) is 13.2 Å². The monoisotopic (exact) mass is 264 g/mol. The van der Waals surface area contributed by atoms with Crippen molar-refractivity contribution in [3.63, 3.8) is 0 Å². The molecule has 0 aliphatic carbocycles. The van der Waals surface area contributed by atoms with Gasteiger partial charge in [0.15, 0.2) is 10.8 Å². The van der Waals surface area contributed by atoms with Crippen LogP contribution in [0.3, 0.4) is 0 Å². The van der Waals surface area contributed by atoms with Crippen LogP contribution >= 0.6 is 11.3 Å². The third-order valence-corrected chi connectivity index (χ3v) is 3.70. The van der Waals surface area contributed by atoms with E-state index in [0.29, 0.717) is 11.3 Å². The first-order valence-corrected chi connectivity index (χ1v) is 6.08. The highest BCUT2D eigenvalue weighted by molar-refractivity contribution is 7.13. The number of aromatic nitrogens is 1. The summed E-state index contributed by atoms with van der Waals surface area (Å²) in [7, 11) is 0. The summed E-state index contributed by atoms with van der Waals surface area (Å²) in [6.07, 6.45) is -1.29. The van der Waals surface area contributed by atoms with Crippen LogP contribution in [-0.4, -0.2) is 23.4 Å². The number of nitrogens with one attached hydrogen (secondary N) is 1. The molecule has 17 heavy (non-hydrogen) atoms. The number of hydrogen-bond acceptors (Lipinski definition) is 4. The van der Waals surface area contributed by atoms with Crippen molar-refractivity contribution in [2.45, 2.75) is 31.5 Å². The van der Waals surface area contributed by atoms with Crippen LogP contribution < -0.4 is 5.32 Å². The van der Waals surface area contributed by atoms with Gasteiger partial charge in [0.2, 0.25) is 0 Å². The van der Waals surface area contributed by atoms with Crippen molar-refractivity contribution in [3.05, 3.63) is 16.1 Å². The van der Waals surface area contributed by atoms with E-state index in [1.807, 2.05) is 0 Å². The Hall–Kier alpha value is -0.950. The molecule has 0 radical (unpaired) electrons. The first-order valence-electron chi connectivity index (χ1n) is 5.26. The molecule has 1 aliphatic heterocycles. The maximum atomic E-state index is 12.3. The Balaban J connectivity index is 2.01. The fourth-order valence-corrected chi connectivity index (χ4v) is 2.52. The summed E-state index contributed by atoms with van der Waals surface area (Å²) in [5, 5.41) is 2.18. The lowest BCUT2D eigenvalue weighted by Crippen LogP contribution is -2.24. The molecule has 1 unspecified atom stereocenters. The zero-order valence-electron chi connectivity index (χ0n) is 8.88. The van der Waals surface area contributed by atoms with Gasteiger partial charge >= 0.3 is 6.18 Å². The van der Waals surface area contributed by atoms with E-state index >= 15 is 0 Å². The Bertz CT molecular complexity index is 410. The van der Waals surface area contributed by atoms with Gasteiger partial charge in [-0.3, -0.25) is 4.79 Å². The minimum absolute atomic E-state index is 0.0889. The predicted octanol–water partition coefficient (Wildman–Crippen LogP) is 2.49. The molecule has 1 fully saturated rings. The van der Waals surface area contributed by atoms with Crippen LogP contribution in [0.1, 0.15) is 33.9 Å². The Morgan fingerprint density at radius 1 is 1.59 bits per heavy atom. The standard InChI is InChI=1S/C10H11F3N2OS/c11-10(12,13)9-15-5-8(17-9)7(16)4-6-2-1-3-14-6/h5-6,14H,1-4H2. The smallest absolute Gasteiger partial charge is 0.314 e. The van der Waals surface area contributed by atoms with Crippen molar-refractivity contribution in [1.82, 2.24) is 10.3 Å². The van der Waals surface area contributed by atoms with Gasteiger partial charge in [0.1, 0.15) is 0 Å². The number of carbonyl (C=O) groups is 1. The highest BCUT2D eigenvalue weighted by Gasteiger charge is 2.35. The molecular weight excluding hydrogens is 253 g/mol. The number of thiazole rings is 1. The summed E-state index contributed by atoms with van der Waals surface area (Å²) in [4.78, 5) is 15.0. The number of carbonyl (C=O) groups excluding carboxylic acids is 1. The molecule has 1 aromatic rings. The molecule has 0 bridgehead atoms. The Morgan fingerprint density at radius 3 is 2.88 bits per heavy atom. The number of alkyl halides is 3. The average Bonchev–Trinajstić information content (AvgIpc) is 2.85. The van der Waals surface area contributed by atoms with E-state index in [0.717, 1.165) is 25.6 Å². The minimum atomic E-state index is -4.46. The van der Waals surface area contributed by atoms with E-state index in [9.17, 15) is 18.0 Å².